The number of pyridine rings is 1. The first kappa shape index (κ1) is 14.9. The summed E-state index contributed by atoms with van der Waals surface area (Å²) in [5.74, 6) is 0.487. The standard InChI is InChI=1S/C13H22FN3O/c1-10(2)15-8-11-7-12(14)9-16-13(11)17(3)5-6-18-4/h7,9-10,15H,5-6,8H2,1-4H3. The topological polar surface area (TPSA) is 37.4 Å². The van der Waals surface area contributed by atoms with Crippen LogP contribution in [0.4, 0.5) is 10.2 Å². The van der Waals surface area contributed by atoms with Gasteiger partial charge in [-0.15, -0.1) is 0 Å². The predicted molar refractivity (Wildman–Crippen MR) is 71.3 cm³/mol. The van der Waals surface area contributed by atoms with Crippen molar-refractivity contribution in [1.29, 1.82) is 0 Å². The van der Waals surface area contributed by atoms with Crippen LogP contribution in [0.2, 0.25) is 0 Å². The lowest BCUT2D eigenvalue weighted by Gasteiger charge is -2.21. The SMILES string of the molecule is COCCN(C)c1ncc(F)cc1CNC(C)C. The van der Waals surface area contributed by atoms with Crippen LogP contribution < -0.4 is 10.2 Å². The van der Waals surface area contributed by atoms with Crippen LogP contribution in [-0.4, -0.2) is 38.3 Å². The van der Waals surface area contributed by atoms with E-state index < -0.39 is 0 Å². The molecular formula is C13H22FN3O. The summed E-state index contributed by atoms with van der Waals surface area (Å²) in [5, 5.41) is 3.28. The maximum atomic E-state index is 13.3. The van der Waals surface area contributed by atoms with Gasteiger partial charge in [0.1, 0.15) is 11.6 Å². The molecule has 0 radical (unpaired) electrons. The van der Waals surface area contributed by atoms with Gasteiger partial charge in [0.15, 0.2) is 0 Å². The van der Waals surface area contributed by atoms with Crippen LogP contribution in [0.3, 0.4) is 0 Å². The molecule has 0 aliphatic heterocycles. The van der Waals surface area contributed by atoms with Crippen molar-refractivity contribution in [1.82, 2.24) is 10.3 Å². The van der Waals surface area contributed by atoms with Gasteiger partial charge in [-0.25, -0.2) is 9.37 Å². The normalized spacial score (nSPS) is 11.0. The van der Waals surface area contributed by atoms with Gasteiger partial charge < -0.3 is 15.0 Å². The highest BCUT2D eigenvalue weighted by atomic mass is 19.1. The van der Waals surface area contributed by atoms with Gasteiger partial charge in [0.25, 0.3) is 0 Å². The molecule has 0 aromatic carbocycles. The lowest BCUT2D eigenvalue weighted by atomic mass is 10.2. The highest BCUT2D eigenvalue weighted by Gasteiger charge is 2.10. The second-order valence-corrected chi connectivity index (χ2v) is 4.59. The maximum absolute atomic E-state index is 13.3. The van der Waals surface area contributed by atoms with Crippen molar-refractivity contribution in [3.05, 3.63) is 23.6 Å². The smallest absolute Gasteiger partial charge is 0.141 e. The molecule has 4 nitrogen and oxygen atoms in total. The fraction of sp³-hybridized carbons (Fsp3) is 0.615. The minimum Gasteiger partial charge on any atom is -0.383 e. The molecule has 1 aromatic rings. The summed E-state index contributed by atoms with van der Waals surface area (Å²) in [6.07, 6.45) is 1.25. The van der Waals surface area contributed by atoms with Gasteiger partial charge in [-0.1, -0.05) is 13.8 Å². The van der Waals surface area contributed by atoms with E-state index in [1.165, 1.54) is 12.3 Å². The van der Waals surface area contributed by atoms with Crippen molar-refractivity contribution >= 4 is 5.82 Å². The van der Waals surface area contributed by atoms with E-state index in [0.717, 1.165) is 17.9 Å². The zero-order valence-electron chi connectivity index (χ0n) is 11.5. The molecule has 0 saturated carbocycles. The van der Waals surface area contributed by atoms with E-state index in [-0.39, 0.29) is 5.82 Å². The summed E-state index contributed by atoms with van der Waals surface area (Å²) in [6.45, 7) is 6.06. The molecule has 0 fully saturated rings. The van der Waals surface area contributed by atoms with E-state index in [1.54, 1.807) is 7.11 Å². The van der Waals surface area contributed by atoms with Crippen molar-refractivity contribution in [2.75, 3.05) is 32.2 Å². The quantitative estimate of drug-likeness (QED) is 0.806. The molecule has 0 aliphatic rings. The molecule has 1 heterocycles. The Kier molecular flexibility index (Phi) is 6.01. The van der Waals surface area contributed by atoms with Crippen LogP contribution in [0.1, 0.15) is 19.4 Å². The van der Waals surface area contributed by atoms with Crippen molar-refractivity contribution in [3.63, 3.8) is 0 Å². The van der Waals surface area contributed by atoms with E-state index in [0.29, 0.717) is 19.2 Å². The first-order valence-electron chi connectivity index (χ1n) is 6.12. The molecule has 0 bridgehead atoms. The Morgan fingerprint density at radius 3 is 2.83 bits per heavy atom. The van der Waals surface area contributed by atoms with Crippen LogP contribution in [0.5, 0.6) is 0 Å². The Morgan fingerprint density at radius 2 is 2.22 bits per heavy atom. The number of hydrogen-bond donors (Lipinski definition) is 1. The van der Waals surface area contributed by atoms with Gasteiger partial charge in [-0.05, 0) is 6.07 Å². The molecule has 0 spiro atoms. The summed E-state index contributed by atoms with van der Waals surface area (Å²) < 4.78 is 18.3. The number of nitrogens with one attached hydrogen (secondary N) is 1. The number of ether oxygens (including phenoxy) is 1. The van der Waals surface area contributed by atoms with Gasteiger partial charge in [0.2, 0.25) is 0 Å². The summed E-state index contributed by atoms with van der Waals surface area (Å²) in [5.41, 5.74) is 0.863. The first-order chi connectivity index (χ1) is 8.54. The summed E-state index contributed by atoms with van der Waals surface area (Å²) in [6, 6.07) is 1.88. The average molecular weight is 255 g/mol. The minimum absolute atomic E-state index is 0.306. The summed E-state index contributed by atoms with van der Waals surface area (Å²) in [4.78, 5) is 6.14. The van der Waals surface area contributed by atoms with E-state index in [2.05, 4.69) is 24.1 Å². The number of nitrogens with zero attached hydrogens (tertiary/aromatic N) is 2. The largest absolute Gasteiger partial charge is 0.383 e. The van der Waals surface area contributed by atoms with Crippen molar-refractivity contribution < 1.29 is 9.13 Å². The Morgan fingerprint density at radius 1 is 1.50 bits per heavy atom. The minimum atomic E-state index is -0.306. The number of methoxy groups -OCH3 is 1. The summed E-state index contributed by atoms with van der Waals surface area (Å²) >= 11 is 0. The van der Waals surface area contributed by atoms with E-state index >= 15 is 0 Å². The Labute approximate surface area is 108 Å². The lowest BCUT2D eigenvalue weighted by Crippen LogP contribution is -2.27. The Bertz CT molecular complexity index is 371. The lowest BCUT2D eigenvalue weighted by molar-refractivity contribution is 0.206. The van der Waals surface area contributed by atoms with Crippen LogP contribution >= 0.6 is 0 Å². The number of likely N-dealkylation sites (N-methyl/N-ethyl adjacent to an activating group) is 1. The molecule has 0 amide bonds. The third kappa shape index (κ3) is 4.58. The van der Waals surface area contributed by atoms with Crippen molar-refractivity contribution in [3.8, 4) is 0 Å². The van der Waals surface area contributed by atoms with E-state index in [1.807, 2.05) is 11.9 Å². The molecule has 0 saturated heterocycles. The zero-order valence-corrected chi connectivity index (χ0v) is 11.5. The van der Waals surface area contributed by atoms with Gasteiger partial charge in [-0.2, -0.15) is 0 Å². The molecule has 1 aromatic heterocycles. The molecule has 1 rings (SSSR count). The van der Waals surface area contributed by atoms with Crippen LogP contribution in [0.15, 0.2) is 12.3 Å². The monoisotopic (exact) mass is 255 g/mol. The highest BCUT2D eigenvalue weighted by molar-refractivity contribution is 5.46. The number of halogens is 1. The molecule has 0 unspecified atom stereocenters. The third-order valence-corrected chi connectivity index (χ3v) is 2.60. The van der Waals surface area contributed by atoms with Crippen LogP contribution in [-0.2, 0) is 11.3 Å². The van der Waals surface area contributed by atoms with E-state index in [4.69, 9.17) is 4.74 Å². The van der Waals surface area contributed by atoms with Crippen molar-refractivity contribution in [2.24, 2.45) is 0 Å². The van der Waals surface area contributed by atoms with Crippen molar-refractivity contribution in [2.45, 2.75) is 26.4 Å². The third-order valence-electron chi connectivity index (χ3n) is 2.60. The molecule has 0 aliphatic carbocycles. The number of aromatic nitrogens is 1. The van der Waals surface area contributed by atoms with Crippen LogP contribution in [0.25, 0.3) is 0 Å². The van der Waals surface area contributed by atoms with Gasteiger partial charge in [-0.3, -0.25) is 0 Å². The van der Waals surface area contributed by atoms with Gasteiger partial charge >= 0.3 is 0 Å². The Hall–Kier alpha value is -1.20. The second kappa shape index (κ2) is 7.28. The molecule has 18 heavy (non-hydrogen) atoms. The average Bonchev–Trinajstić information content (AvgIpc) is 2.33. The van der Waals surface area contributed by atoms with E-state index in [9.17, 15) is 4.39 Å². The molecule has 0 atom stereocenters. The van der Waals surface area contributed by atoms with Gasteiger partial charge in [0, 0.05) is 38.9 Å². The highest BCUT2D eigenvalue weighted by Crippen LogP contribution is 2.17. The summed E-state index contributed by atoms with van der Waals surface area (Å²) in [7, 11) is 3.59. The Balaban J connectivity index is 2.81. The number of anilines is 1. The fourth-order valence-corrected chi connectivity index (χ4v) is 1.60. The molecule has 102 valence electrons. The number of hydrogen-bond acceptors (Lipinski definition) is 4. The van der Waals surface area contributed by atoms with Crippen LogP contribution in [0, 0.1) is 5.82 Å². The predicted octanol–water partition coefficient (Wildman–Crippen LogP) is 1.80. The first-order valence-corrected chi connectivity index (χ1v) is 6.12. The molecule has 5 heteroatoms. The number of rotatable bonds is 7. The maximum Gasteiger partial charge on any atom is 0.141 e. The zero-order chi connectivity index (χ0) is 13.5. The van der Waals surface area contributed by atoms with Gasteiger partial charge in [0.05, 0.1) is 12.8 Å². The molecular weight excluding hydrogens is 233 g/mol. The molecule has 1 N–H and O–H groups in total. The fourth-order valence-electron chi connectivity index (χ4n) is 1.60. The second-order valence-electron chi connectivity index (χ2n) is 4.59.